The van der Waals surface area contributed by atoms with Crippen LogP contribution < -0.4 is 4.74 Å². The zero-order valence-corrected chi connectivity index (χ0v) is 19.2. The predicted molar refractivity (Wildman–Crippen MR) is 123 cm³/mol. The molecular formula is C25H23N3O7. The number of benzene rings is 2. The summed E-state index contributed by atoms with van der Waals surface area (Å²) >= 11 is 0. The highest BCUT2D eigenvalue weighted by atomic mass is 16.6. The minimum Gasteiger partial charge on any atom is -0.497 e. The largest absolute Gasteiger partial charge is 0.497 e. The Morgan fingerprint density at radius 2 is 1.63 bits per heavy atom. The van der Waals surface area contributed by atoms with Gasteiger partial charge in [0.25, 0.3) is 23.4 Å². The topological polar surface area (TPSA) is 127 Å². The molecule has 10 nitrogen and oxygen atoms in total. The van der Waals surface area contributed by atoms with Gasteiger partial charge in [-0.05, 0) is 56.2 Å². The molecule has 1 saturated heterocycles. The van der Waals surface area contributed by atoms with Gasteiger partial charge in [-0.15, -0.1) is 0 Å². The average Bonchev–Trinajstić information content (AvgIpc) is 3.11. The number of hydrogen-bond donors (Lipinski definition) is 0. The van der Waals surface area contributed by atoms with Gasteiger partial charge in [-0.3, -0.25) is 29.3 Å². The lowest BCUT2D eigenvalue weighted by molar-refractivity contribution is -0.384. The van der Waals surface area contributed by atoms with Crippen LogP contribution in [0.3, 0.4) is 0 Å². The van der Waals surface area contributed by atoms with E-state index >= 15 is 0 Å². The Labute approximate surface area is 200 Å². The molecule has 2 aliphatic rings. The van der Waals surface area contributed by atoms with Crippen molar-refractivity contribution in [2.45, 2.75) is 19.8 Å². The number of imide groups is 1. The summed E-state index contributed by atoms with van der Waals surface area (Å²) < 4.78 is 5.10. The average molecular weight is 477 g/mol. The van der Waals surface area contributed by atoms with Crippen molar-refractivity contribution in [2.24, 2.45) is 11.8 Å². The van der Waals surface area contributed by atoms with Crippen molar-refractivity contribution in [1.29, 1.82) is 0 Å². The number of allylic oxidation sites excluding steroid dienone is 2. The van der Waals surface area contributed by atoms with Crippen LogP contribution in [0.2, 0.25) is 0 Å². The molecule has 2 aromatic carbocycles. The van der Waals surface area contributed by atoms with E-state index in [0.717, 1.165) is 27.7 Å². The zero-order valence-electron chi connectivity index (χ0n) is 19.2. The Balaban J connectivity index is 1.68. The van der Waals surface area contributed by atoms with Gasteiger partial charge in [0, 0.05) is 23.3 Å². The van der Waals surface area contributed by atoms with Crippen molar-refractivity contribution in [2.75, 3.05) is 13.7 Å². The van der Waals surface area contributed by atoms with E-state index in [1.54, 1.807) is 12.1 Å². The summed E-state index contributed by atoms with van der Waals surface area (Å²) in [6, 6.07) is 11.0. The number of carbonyl (C=O) groups excluding carboxylic acids is 4. The number of carbonyl (C=O) groups is 4. The normalized spacial score (nSPS) is 19.1. The van der Waals surface area contributed by atoms with Gasteiger partial charge < -0.3 is 4.74 Å². The number of non-ortho nitro benzene ring substituents is 1. The number of fused-ring (bicyclic) bond motifs is 1. The number of Topliss-reactive ketones (excluding diaryl/α,β-unsaturated/α-hetero) is 1. The van der Waals surface area contributed by atoms with Gasteiger partial charge in [-0.25, -0.2) is 5.01 Å². The van der Waals surface area contributed by atoms with Gasteiger partial charge in [-0.2, -0.15) is 5.01 Å². The number of nitro benzene ring substituents is 1. The molecule has 1 aliphatic heterocycles. The number of ketones is 1. The Morgan fingerprint density at radius 3 is 2.23 bits per heavy atom. The number of nitro groups is 1. The number of hydrazine groups is 1. The first kappa shape index (κ1) is 23.8. The molecule has 2 aromatic rings. The third kappa shape index (κ3) is 4.54. The fraction of sp³-hybridized carbons (Fsp3) is 0.280. The van der Waals surface area contributed by atoms with Crippen molar-refractivity contribution in [3.63, 3.8) is 0 Å². The van der Waals surface area contributed by atoms with Crippen molar-refractivity contribution < 1.29 is 28.8 Å². The van der Waals surface area contributed by atoms with Gasteiger partial charge in [0.1, 0.15) is 12.3 Å². The molecule has 0 unspecified atom stereocenters. The Kier molecular flexibility index (Phi) is 6.46. The second-order valence-corrected chi connectivity index (χ2v) is 8.51. The SMILES string of the molecule is COc1ccc(C(=O)CN(C(=O)c2ccc([N+](=O)[O-])cc2)N2C(=O)[C@H]3CC=C(C)C[C@@H]3C2=O)cc1. The molecule has 0 spiro atoms. The zero-order chi connectivity index (χ0) is 25.3. The summed E-state index contributed by atoms with van der Waals surface area (Å²) in [6.45, 7) is 1.31. The second kappa shape index (κ2) is 9.49. The van der Waals surface area contributed by atoms with Crippen LogP contribution in [-0.2, 0) is 9.59 Å². The lowest BCUT2D eigenvalue weighted by Crippen LogP contribution is -2.52. The molecule has 180 valence electrons. The second-order valence-electron chi connectivity index (χ2n) is 8.51. The van der Waals surface area contributed by atoms with Gasteiger partial charge in [0.2, 0.25) is 0 Å². The summed E-state index contributed by atoms with van der Waals surface area (Å²) in [5.41, 5.74) is 1.03. The molecule has 3 amide bonds. The lowest BCUT2D eigenvalue weighted by Gasteiger charge is -2.30. The van der Waals surface area contributed by atoms with Crippen LogP contribution in [-0.4, -0.2) is 52.1 Å². The predicted octanol–water partition coefficient (Wildman–Crippen LogP) is 3.18. The fourth-order valence-electron chi connectivity index (χ4n) is 4.37. The first-order valence-corrected chi connectivity index (χ1v) is 11.0. The van der Waals surface area contributed by atoms with Gasteiger partial charge in [0.15, 0.2) is 5.78 Å². The number of ether oxygens (including phenoxy) is 1. The van der Waals surface area contributed by atoms with E-state index in [4.69, 9.17) is 4.74 Å². The van der Waals surface area contributed by atoms with Crippen LogP contribution in [0.25, 0.3) is 0 Å². The van der Waals surface area contributed by atoms with E-state index in [1.165, 1.54) is 31.4 Å². The maximum absolute atomic E-state index is 13.5. The highest BCUT2D eigenvalue weighted by Gasteiger charge is 2.51. The number of hydrogen-bond acceptors (Lipinski definition) is 7. The van der Waals surface area contributed by atoms with Crippen LogP contribution in [0, 0.1) is 22.0 Å². The van der Waals surface area contributed by atoms with E-state index in [0.29, 0.717) is 18.6 Å². The maximum Gasteiger partial charge on any atom is 0.273 e. The first-order valence-electron chi connectivity index (χ1n) is 11.0. The van der Waals surface area contributed by atoms with E-state index < -0.39 is 46.8 Å². The van der Waals surface area contributed by atoms with Crippen LogP contribution in [0.15, 0.2) is 60.2 Å². The molecule has 0 saturated carbocycles. The third-order valence-electron chi connectivity index (χ3n) is 6.31. The molecule has 1 heterocycles. The number of rotatable bonds is 7. The van der Waals surface area contributed by atoms with Gasteiger partial charge in [-0.1, -0.05) is 11.6 Å². The monoisotopic (exact) mass is 477 g/mol. The van der Waals surface area contributed by atoms with Crippen LogP contribution in [0.4, 0.5) is 5.69 Å². The van der Waals surface area contributed by atoms with Gasteiger partial charge >= 0.3 is 0 Å². The Bertz CT molecular complexity index is 1230. The summed E-state index contributed by atoms with van der Waals surface area (Å²) in [7, 11) is 1.49. The third-order valence-corrected chi connectivity index (χ3v) is 6.31. The Morgan fingerprint density at radius 1 is 1.03 bits per heavy atom. The summed E-state index contributed by atoms with van der Waals surface area (Å²) in [6.07, 6.45) is 2.68. The molecular weight excluding hydrogens is 454 g/mol. The molecule has 2 atom stereocenters. The molecule has 0 N–H and O–H groups in total. The molecule has 1 aliphatic carbocycles. The summed E-state index contributed by atoms with van der Waals surface area (Å²) in [4.78, 5) is 63.5. The Hall–Kier alpha value is -4.34. The smallest absolute Gasteiger partial charge is 0.273 e. The van der Waals surface area contributed by atoms with E-state index in [9.17, 15) is 29.3 Å². The molecule has 1 fully saturated rings. The molecule has 0 aromatic heterocycles. The van der Waals surface area contributed by atoms with Crippen LogP contribution in [0.5, 0.6) is 5.75 Å². The molecule has 0 radical (unpaired) electrons. The van der Waals surface area contributed by atoms with Crippen molar-refractivity contribution in [3.05, 3.63) is 81.4 Å². The van der Waals surface area contributed by atoms with Crippen LogP contribution >= 0.6 is 0 Å². The minimum atomic E-state index is -0.785. The number of methoxy groups -OCH3 is 1. The number of nitrogens with zero attached hydrogens (tertiary/aromatic N) is 3. The summed E-state index contributed by atoms with van der Waals surface area (Å²) in [5, 5.41) is 12.6. The van der Waals surface area contributed by atoms with E-state index in [-0.39, 0.29) is 16.8 Å². The van der Waals surface area contributed by atoms with E-state index in [2.05, 4.69) is 0 Å². The minimum absolute atomic E-state index is 0.00269. The van der Waals surface area contributed by atoms with Crippen molar-refractivity contribution >= 4 is 29.2 Å². The maximum atomic E-state index is 13.5. The highest BCUT2D eigenvalue weighted by Crippen LogP contribution is 2.38. The molecule has 4 rings (SSSR count). The fourth-order valence-corrected chi connectivity index (χ4v) is 4.37. The van der Waals surface area contributed by atoms with Crippen molar-refractivity contribution in [3.8, 4) is 5.75 Å². The van der Waals surface area contributed by atoms with Crippen LogP contribution in [0.1, 0.15) is 40.5 Å². The lowest BCUT2D eigenvalue weighted by atomic mass is 9.82. The molecule has 0 bridgehead atoms. The van der Waals surface area contributed by atoms with Gasteiger partial charge in [0.05, 0.1) is 23.9 Å². The van der Waals surface area contributed by atoms with Crippen molar-refractivity contribution in [1.82, 2.24) is 10.0 Å². The first-order chi connectivity index (χ1) is 16.7. The highest BCUT2D eigenvalue weighted by molar-refractivity contribution is 6.09. The molecule has 10 heteroatoms. The quantitative estimate of drug-likeness (QED) is 0.197. The number of amides is 3. The molecule has 35 heavy (non-hydrogen) atoms. The van der Waals surface area contributed by atoms with E-state index in [1.807, 2.05) is 13.0 Å². The summed E-state index contributed by atoms with van der Waals surface area (Å²) in [5.74, 6) is -3.02. The standard InChI is InChI=1S/C25H23N3O7/c1-15-3-12-20-21(13-15)25(32)27(24(20)31)26(14-22(29)16-6-10-19(35-2)11-7-16)23(30)17-4-8-18(9-5-17)28(33)34/h3-11,20-21H,12-14H2,1-2H3/t20-,21-/m0/s1.